The highest BCUT2D eigenvalue weighted by Gasteiger charge is 2.41. The summed E-state index contributed by atoms with van der Waals surface area (Å²) in [7, 11) is 0. The quantitative estimate of drug-likeness (QED) is 0.297. The van der Waals surface area contributed by atoms with Crippen LogP contribution in [0.25, 0.3) is 0 Å². The average molecular weight is 570 g/mol. The monoisotopic (exact) mass is 569 g/mol. The maximum atomic E-state index is 12.1. The molecule has 33 heavy (non-hydrogen) atoms. The number of rotatable bonds is 8. The van der Waals surface area contributed by atoms with Crippen LogP contribution >= 0.6 is 24.0 Å². The maximum Gasteiger partial charge on any atom is 0.222 e. The molecule has 1 amide bonds. The van der Waals surface area contributed by atoms with E-state index < -0.39 is 0 Å². The van der Waals surface area contributed by atoms with Crippen molar-refractivity contribution in [3.05, 3.63) is 35.9 Å². The number of carbonyl (C=O) groups is 1. The second-order valence-corrected chi connectivity index (χ2v) is 9.11. The molecule has 3 fully saturated rings. The molecule has 1 aromatic carbocycles. The summed E-state index contributed by atoms with van der Waals surface area (Å²) >= 11 is 0. The van der Waals surface area contributed by atoms with E-state index in [9.17, 15) is 4.79 Å². The van der Waals surface area contributed by atoms with Crippen molar-refractivity contribution in [3.63, 3.8) is 0 Å². The number of halogens is 1. The van der Waals surface area contributed by atoms with E-state index in [1.54, 1.807) is 0 Å². The van der Waals surface area contributed by atoms with Crippen molar-refractivity contribution in [2.45, 2.75) is 64.3 Å². The number of nitrogens with one attached hydrogen (secondary N) is 1. The Kier molecular flexibility index (Phi) is 10.2. The number of hydrogen-bond donors (Lipinski definition) is 1. The third-order valence-electron chi connectivity index (χ3n) is 7.03. The number of benzene rings is 1. The Morgan fingerprint density at radius 1 is 1.21 bits per heavy atom. The number of fused-ring (bicyclic) bond motifs is 1. The molecule has 1 N–H and O–H groups in total. The van der Waals surface area contributed by atoms with Gasteiger partial charge in [-0.05, 0) is 31.7 Å². The van der Waals surface area contributed by atoms with Crippen LogP contribution in [-0.4, -0.2) is 90.6 Å². The standard InChI is InChI=1S/C25H39N5O2.HI/c1-3-21(30-14-8-11-24(30)31)12-13-27-25(26-4-2)29-18-22-23(19-29)32-16-15-28(22)17-20-9-6-5-7-10-20;/h5-7,9-10,21-23H,3-4,8,11-19H2,1-2H3,(H,26,27);1H. The lowest BCUT2D eigenvalue weighted by molar-refractivity contribution is -0.129. The number of aliphatic imine (C=N–C) groups is 1. The van der Waals surface area contributed by atoms with Gasteiger partial charge in [0.15, 0.2) is 5.96 Å². The molecule has 7 nitrogen and oxygen atoms in total. The van der Waals surface area contributed by atoms with E-state index in [4.69, 9.17) is 9.73 Å². The smallest absolute Gasteiger partial charge is 0.222 e. The molecule has 3 saturated heterocycles. The van der Waals surface area contributed by atoms with Gasteiger partial charge in [-0.15, -0.1) is 24.0 Å². The Hall–Kier alpha value is -1.39. The van der Waals surface area contributed by atoms with Crippen LogP contribution in [0.3, 0.4) is 0 Å². The molecule has 0 radical (unpaired) electrons. The number of amides is 1. The molecule has 4 rings (SSSR count). The van der Waals surface area contributed by atoms with Gasteiger partial charge in [-0.1, -0.05) is 37.3 Å². The van der Waals surface area contributed by atoms with Gasteiger partial charge in [0.2, 0.25) is 5.91 Å². The van der Waals surface area contributed by atoms with E-state index in [0.29, 0.717) is 24.4 Å². The molecule has 3 aliphatic heterocycles. The molecule has 3 unspecified atom stereocenters. The zero-order valence-electron chi connectivity index (χ0n) is 20.1. The molecule has 0 aliphatic carbocycles. The summed E-state index contributed by atoms with van der Waals surface area (Å²) in [6, 6.07) is 11.4. The number of carbonyl (C=O) groups excluding carboxylic acids is 1. The highest BCUT2D eigenvalue weighted by Crippen LogP contribution is 2.25. The van der Waals surface area contributed by atoms with Gasteiger partial charge in [0.1, 0.15) is 0 Å². The van der Waals surface area contributed by atoms with Crippen LogP contribution in [-0.2, 0) is 16.1 Å². The van der Waals surface area contributed by atoms with Gasteiger partial charge in [0.05, 0.1) is 18.8 Å². The molecule has 3 aliphatic rings. The van der Waals surface area contributed by atoms with Crippen LogP contribution in [0.2, 0.25) is 0 Å². The number of nitrogens with zero attached hydrogens (tertiary/aromatic N) is 4. The predicted octanol–water partition coefficient (Wildman–Crippen LogP) is 2.95. The summed E-state index contributed by atoms with van der Waals surface area (Å²) in [6.45, 7) is 11.3. The number of likely N-dealkylation sites (tertiary alicyclic amines) is 2. The molecule has 0 bridgehead atoms. The third-order valence-corrected chi connectivity index (χ3v) is 7.03. The van der Waals surface area contributed by atoms with E-state index in [1.807, 2.05) is 0 Å². The van der Waals surface area contributed by atoms with Gasteiger partial charge in [0, 0.05) is 58.3 Å². The minimum Gasteiger partial charge on any atom is -0.373 e. The Bertz CT molecular complexity index is 777. The topological polar surface area (TPSA) is 60.4 Å². The molecular weight excluding hydrogens is 529 g/mol. The Morgan fingerprint density at radius 3 is 2.73 bits per heavy atom. The van der Waals surface area contributed by atoms with Gasteiger partial charge >= 0.3 is 0 Å². The first kappa shape index (κ1) is 26.2. The second kappa shape index (κ2) is 12.9. The van der Waals surface area contributed by atoms with Crippen molar-refractivity contribution < 1.29 is 9.53 Å². The van der Waals surface area contributed by atoms with Crippen molar-refractivity contribution >= 4 is 35.8 Å². The Morgan fingerprint density at radius 2 is 2.03 bits per heavy atom. The fourth-order valence-electron chi connectivity index (χ4n) is 5.33. The van der Waals surface area contributed by atoms with Crippen molar-refractivity contribution in [2.24, 2.45) is 4.99 Å². The normalized spacial score (nSPS) is 24.5. The van der Waals surface area contributed by atoms with Crippen LogP contribution in [0.1, 0.15) is 45.1 Å². The zero-order valence-corrected chi connectivity index (χ0v) is 22.4. The van der Waals surface area contributed by atoms with Crippen LogP contribution in [0.15, 0.2) is 35.3 Å². The SMILES string of the molecule is CCNC(=NCCC(CC)N1CCCC1=O)N1CC2OCCN(Cc3ccccc3)C2C1.I. The highest BCUT2D eigenvalue weighted by molar-refractivity contribution is 14.0. The van der Waals surface area contributed by atoms with E-state index >= 15 is 0 Å². The van der Waals surface area contributed by atoms with Crippen LogP contribution in [0.4, 0.5) is 0 Å². The van der Waals surface area contributed by atoms with Crippen molar-refractivity contribution in [2.75, 3.05) is 45.9 Å². The average Bonchev–Trinajstić information content (AvgIpc) is 3.44. The van der Waals surface area contributed by atoms with E-state index in [2.05, 4.69) is 64.2 Å². The molecule has 8 heteroatoms. The van der Waals surface area contributed by atoms with Gasteiger partial charge in [-0.2, -0.15) is 0 Å². The lowest BCUT2D eigenvalue weighted by atomic mass is 10.1. The van der Waals surface area contributed by atoms with Gasteiger partial charge in [0.25, 0.3) is 0 Å². The van der Waals surface area contributed by atoms with Gasteiger partial charge in [-0.3, -0.25) is 14.7 Å². The minimum absolute atomic E-state index is 0. The molecule has 0 aromatic heterocycles. The minimum atomic E-state index is 0. The molecule has 3 heterocycles. The summed E-state index contributed by atoms with van der Waals surface area (Å²) < 4.78 is 6.16. The van der Waals surface area contributed by atoms with Gasteiger partial charge in [-0.25, -0.2) is 0 Å². The summed E-state index contributed by atoms with van der Waals surface area (Å²) in [5.41, 5.74) is 1.36. The molecule has 0 spiro atoms. The lowest BCUT2D eigenvalue weighted by Gasteiger charge is -2.36. The van der Waals surface area contributed by atoms with Crippen molar-refractivity contribution in [3.8, 4) is 0 Å². The number of guanidine groups is 1. The van der Waals surface area contributed by atoms with Crippen molar-refractivity contribution in [1.82, 2.24) is 20.0 Å². The Balaban J connectivity index is 0.00000306. The van der Waals surface area contributed by atoms with Gasteiger partial charge < -0.3 is 19.9 Å². The summed E-state index contributed by atoms with van der Waals surface area (Å²) in [6.07, 6.45) is 3.85. The Labute approximate surface area is 215 Å². The summed E-state index contributed by atoms with van der Waals surface area (Å²) in [5, 5.41) is 3.49. The first-order valence-electron chi connectivity index (χ1n) is 12.4. The molecule has 1 aromatic rings. The van der Waals surface area contributed by atoms with E-state index in [1.165, 1.54) is 5.56 Å². The largest absolute Gasteiger partial charge is 0.373 e. The molecule has 0 saturated carbocycles. The highest BCUT2D eigenvalue weighted by atomic mass is 127. The van der Waals surface area contributed by atoms with E-state index in [0.717, 1.165) is 77.6 Å². The third kappa shape index (κ3) is 6.60. The fraction of sp³-hybridized carbons (Fsp3) is 0.680. The van der Waals surface area contributed by atoms with Crippen LogP contribution in [0.5, 0.6) is 0 Å². The fourth-order valence-corrected chi connectivity index (χ4v) is 5.33. The molecular formula is C25H40IN5O2. The van der Waals surface area contributed by atoms with Crippen LogP contribution < -0.4 is 5.32 Å². The first-order chi connectivity index (χ1) is 15.7. The lowest BCUT2D eigenvalue weighted by Crippen LogP contribution is -2.50. The number of hydrogen-bond acceptors (Lipinski definition) is 4. The number of ether oxygens (including phenoxy) is 1. The van der Waals surface area contributed by atoms with E-state index in [-0.39, 0.29) is 30.1 Å². The maximum absolute atomic E-state index is 12.1. The zero-order chi connectivity index (χ0) is 22.3. The summed E-state index contributed by atoms with van der Waals surface area (Å²) in [4.78, 5) is 24.1. The number of morpholine rings is 1. The van der Waals surface area contributed by atoms with Crippen LogP contribution in [0, 0.1) is 0 Å². The second-order valence-electron chi connectivity index (χ2n) is 9.11. The molecule has 184 valence electrons. The predicted molar refractivity (Wildman–Crippen MR) is 143 cm³/mol. The summed E-state index contributed by atoms with van der Waals surface area (Å²) in [5.74, 6) is 1.29. The molecule has 3 atom stereocenters. The first-order valence-corrected chi connectivity index (χ1v) is 12.4. The van der Waals surface area contributed by atoms with Crippen molar-refractivity contribution in [1.29, 1.82) is 0 Å².